The number of nitrogens with zero attached hydrogens (tertiary/aromatic N) is 2. The van der Waals surface area contributed by atoms with E-state index in [1.54, 1.807) is 18.4 Å². The second-order valence-electron chi connectivity index (χ2n) is 7.26. The lowest BCUT2D eigenvalue weighted by molar-refractivity contribution is 0.0448. The molecule has 1 aromatic rings. The Balaban J connectivity index is 2.62. The molecule has 0 atom stereocenters. The first kappa shape index (κ1) is 22.2. The maximum Gasteiger partial charge on any atom is 0.408 e. The van der Waals surface area contributed by atoms with Crippen LogP contribution >= 0.6 is 11.3 Å². The molecule has 1 aromatic heterocycles. The van der Waals surface area contributed by atoms with Crippen molar-refractivity contribution < 1.29 is 9.53 Å². The maximum atomic E-state index is 12.2. The minimum atomic E-state index is -0.520. The minimum Gasteiger partial charge on any atom is -0.444 e. The van der Waals surface area contributed by atoms with E-state index in [1.807, 2.05) is 33.9 Å². The number of aromatic nitrogens is 1. The lowest BCUT2D eigenvalue weighted by atomic mass is 9.93. The molecule has 3 N–H and O–H groups in total. The highest BCUT2D eigenvalue weighted by Gasteiger charge is 2.30. The first-order valence-corrected chi connectivity index (χ1v) is 9.81. The molecule has 0 aromatic carbocycles. The Hall–Kier alpha value is -1.83. The lowest BCUT2D eigenvalue weighted by Gasteiger charge is -2.34. The number of aryl methyl sites for hydroxylation is 1. The van der Waals surface area contributed by atoms with Crippen molar-refractivity contribution in [1.82, 2.24) is 20.9 Å². The van der Waals surface area contributed by atoms with Crippen LogP contribution in [-0.4, -0.2) is 41.8 Å². The maximum absolute atomic E-state index is 12.2. The summed E-state index contributed by atoms with van der Waals surface area (Å²) in [5.41, 5.74) is -0.925. The first-order chi connectivity index (χ1) is 12.1. The molecule has 26 heavy (non-hydrogen) atoms. The van der Waals surface area contributed by atoms with Gasteiger partial charge in [0.2, 0.25) is 0 Å². The molecule has 0 saturated heterocycles. The molecule has 0 radical (unpaired) electrons. The van der Waals surface area contributed by atoms with Crippen LogP contribution in [0, 0.1) is 6.92 Å². The average molecular weight is 384 g/mol. The Morgan fingerprint density at radius 2 is 1.92 bits per heavy atom. The van der Waals surface area contributed by atoms with E-state index >= 15 is 0 Å². The second-order valence-corrected chi connectivity index (χ2v) is 8.58. The molecule has 1 heterocycles. The number of amides is 1. The summed E-state index contributed by atoms with van der Waals surface area (Å²) in [6.45, 7) is 12.9. The van der Waals surface area contributed by atoms with E-state index in [0.29, 0.717) is 19.0 Å². The topological polar surface area (TPSA) is 87.6 Å². The van der Waals surface area contributed by atoms with Gasteiger partial charge in [0.1, 0.15) is 10.6 Å². The van der Waals surface area contributed by atoms with Crippen LogP contribution in [0.3, 0.4) is 0 Å². The van der Waals surface area contributed by atoms with Gasteiger partial charge in [-0.1, -0.05) is 13.8 Å². The van der Waals surface area contributed by atoms with Crippen LogP contribution in [-0.2, 0) is 11.3 Å². The molecule has 0 fully saturated rings. The Bertz CT molecular complexity index is 603. The van der Waals surface area contributed by atoms with Crippen molar-refractivity contribution in [2.45, 2.75) is 72.1 Å². The van der Waals surface area contributed by atoms with Crippen LogP contribution in [0.4, 0.5) is 4.79 Å². The second kappa shape index (κ2) is 9.75. The van der Waals surface area contributed by atoms with E-state index in [2.05, 4.69) is 39.8 Å². The number of guanidine groups is 1. The van der Waals surface area contributed by atoms with Crippen LogP contribution in [0.25, 0.3) is 0 Å². The molecule has 1 amide bonds. The van der Waals surface area contributed by atoms with Gasteiger partial charge in [-0.3, -0.25) is 4.99 Å². The number of alkyl carbamates (subject to hydrolysis) is 1. The third kappa shape index (κ3) is 7.59. The van der Waals surface area contributed by atoms with Crippen molar-refractivity contribution in [3.05, 3.63) is 16.1 Å². The van der Waals surface area contributed by atoms with Crippen molar-refractivity contribution in [3.8, 4) is 0 Å². The van der Waals surface area contributed by atoms with E-state index in [-0.39, 0.29) is 0 Å². The zero-order valence-electron chi connectivity index (χ0n) is 17.0. The fourth-order valence-corrected chi connectivity index (χ4v) is 3.08. The molecular formula is C18H33N5O2S. The molecule has 1 rings (SSSR count). The average Bonchev–Trinajstić information content (AvgIpc) is 2.97. The molecule has 148 valence electrons. The van der Waals surface area contributed by atoms with Gasteiger partial charge in [0.15, 0.2) is 5.96 Å². The van der Waals surface area contributed by atoms with Crippen LogP contribution in [0.15, 0.2) is 11.2 Å². The number of nitrogens with one attached hydrogen (secondary N) is 3. The molecule has 0 aliphatic carbocycles. The predicted molar refractivity (Wildman–Crippen MR) is 108 cm³/mol. The number of hydrogen-bond acceptors (Lipinski definition) is 5. The Morgan fingerprint density at radius 1 is 1.27 bits per heavy atom. The first-order valence-electron chi connectivity index (χ1n) is 9.00. The highest BCUT2D eigenvalue weighted by atomic mass is 32.1. The fraction of sp³-hybridized carbons (Fsp3) is 0.722. The molecule has 8 heteroatoms. The number of hydrogen-bond donors (Lipinski definition) is 3. The quantitative estimate of drug-likeness (QED) is 0.497. The smallest absolute Gasteiger partial charge is 0.408 e. The molecule has 0 bridgehead atoms. The van der Waals surface area contributed by atoms with Gasteiger partial charge < -0.3 is 20.7 Å². The third-order valence-electron chi connectivity index (χ3n) is 4.01. The highest BCUT2D eigenvalue weighted by Crippen LogP contribution is 2.16. The number of rotatable bonds is 7. The van der Waals surface area contributed by atoms with E-state index in [1.165, 1.54) is 4.88 Å². The van der Waals surface area contributed by atoms with E-state index in [4.69, 9.17) is 4.74 Å². The van der Waals surface area contributed by atoms with Gasteiger partial charge in [0.25, 0.3) is 0 Å². The summed E-state index contributed by atoms with van der Waals surface area (Å²) in [6.07, 6.45) is 3.02. The summed E-state index contributed by atoms with van der Waals surface area (Å²) < 4.78 is 5.41. The van der Waals surface area contributed by atoms with Gasteiger partial charge >= 0.3 is 6.09 Å². The van der Waals surface area contributed by atoms with Gasteiger partial charge in [-0.25, -0.2) is 9.78 Å². The summed E-state index contributed by atoms with van der Waals surface area (Å²) in [5, 5.41) is 10.6. The Morgan fingerprint density at radius 3 is 2.38 bits per heavy atom. The summed E-state index contributed by atoms with van der Waals surface area (Å²) in [7, 11) is 1.73. The summed E-state index contributed by atoms with van der Waals surface area (Å²) in [5.74, 6) is 0.676. The number of carbonyl (C=O) groups excluding carboxylic acids is 1. The molecule has 0 aliphatic heterocycles. The van der Waals surface area contributed by atoms with Crippen molar-refractivity contribution in [2.75, 3.05) is 13.6 Å². The Labute approximate surface area is 161 Å². The van der Waals surface area contributed by atoms with Gasteiger partial charge in [-0.2, -0.15) is 0 Å². The standard InChI is InChI=1S/C18H33N5O2S/c1-8-18(9-2,23-16(24)25-17(4,5)6)12-22-15(19-7)21-11-14-20-10-13(3)26-14/h10H,8-9,11-12H2,1-7H3,(H,23,24)(H2,19,21,22). The molecular weight excluding hydrogens is 350 g/mol. The van der Waals surface area contributed by atoms with Crippen molar-refractivity contribution >= 4 is 23.4 Å². The zero-order chi connectivity index (χ0) is 19.8. The molecule has 0 spiro atoms. The zero-order valence-corrected chi connectivity index (χ0v) is 17.8. The Kier molecular flexibility index (Phi) is 8.33. The molecule has 7 nitrogen and oxygen atoms in total. The SMILES string of the molecule is CCC(CC)(CNC(=NC)NCc1ncc(C)s1)NC(=O)OC(C)(C)C. The summed E-state index contributed by atoms with van der Waals surface area (Å²) >= 11 is 1.66. The van der Waals surface area contributed by atoms with Gasteiger partial charge in [-0.05, 0) is 40.5 Å². The van der Waals surface area contributed by atoms with E-state index < -0.39 is 17.2 Å². The van der Waals surface area contributed by atoms with E-state index in [9.17, 15) is 4.79 Å². The fourth-order valence-electron chi connectivity index (χ4n) is 2.36. The molecule has 0 aliphatic rings. The third-order valence-corrected chi connectivity index (χ3v) is 4.93. The summed E-state index contributed by atoms with van der Waals surface area (Å²) in [4.78, 5) is 22.0. The van der Waals surface area contributed by atoms with Crippen LogP contribution in [0.5, 0.6) is 0 Å². The molecule has 0 saturated carbocycles. The number of aliphatic imine (C=N–C) groups is 1. The van der Waals surface area contributed by atoms with Crippen LogP contribution in [0.1, 0.15) is 57.3 Å². The van der Waals surface area contributed by atoms with Crippen LogP contribution in [0.2, 0.25) is 0 Å². The molecule has 0 unspecified atom stereocenters. The lowest BCUT2D eigenvalue weighted by Crippen LogP contribution is -2.57. The van der Waals surface area contributed by atoms with Crippen LogP contribution < -0.4 is 16.0 Å². The van der Waals surface area contributed by atoms with Gasteiger partial charge in [0.05, 0.1) is 12.1 Å². The minimum absolute atomic E-state index is 0.399. The van der Waals surface area contributed by atoms with E-state index in [0.717, 1.165) is 17.8 Å². The largest absolute Gasteiger partial charge is 0.444 e. The van der Waals surface area contributed by atoms with Crippen molar-refractivity contribution in [2.24, 2.45) is 4.99 Å². The normalized spacial score (nSPS) is 12.7. The number of thiazole rings is 1. The monoisotopic (exact) mass is 383 g/mol. The van der Waals surface area contributed by atoms with Gasteiger partial charge in [-0.15, -0.1) is 11.3 Å². The number of ether oxygens (including phenoxy) is 1. The highest BCUT2D eigenvalue weighted by molar-refractivity contribution is 7.11. The number of carbonyl (C=O) groups is 1. The van der Waals surface area contributed by atoms with Gasteiger partial charge in [0, 0.05) is 24.7 Å². The predicted octanol–water partition coefficient (Wildman–Crippen LogP) is 3.20. The van der Waals surface area contributed by atoms with Crippen molar-refractivity contribution in [1.29, 1.82) is 0 Å². The van der Waals surface area contributed by atoms with Crippen molar-refractivity contribution in [3.63, 3.8) is 0 Å². The summed E-state index contributed by atoms with van der Waals surface area (Å²) in [6, 6.07) is 0.